The van der Waals surface area contributed by atoms with Gasteiger partial charge < -0.3 is 23.9 Å². The van der Waals surface area contributed by atoms with E-state index in [2.05, 4.69) is 10.3 Å². The Bertz CT molecular complexity index is 983. The van der Waals surface area contributed by atoms with Gasteiger partial charge >= 0.3 is 5.97 Å². The summed E-state index contributed by atoms with van der Waals surface area (Å²) in [6.45, 7) is 1.71. The van der Waals surface area contributed by atoms with Gasteiger partial charge in [0.2, 0.25) is 0 Å². The van der Waals surface area contributed by atoms with Crippen molar-refractivity contribution in [2.75, 3.05) is 14.2 Å². The van der Waals surface area contributed by atoms with Crippen molar-refractivity contribution < 1.29 is 28.2 Å². The first-order valence-electron chi connectivity index (χ1n) is 8.70. The van der Waals surface area contributed by atoms with Crippen LogP contribution in [0.2, 0.25) is 0 Å². The highest BCUT2D eigenvalue weighted by atomic mass is 32.1. The molecule has 2 heterocycles. The van der Waals surface area contributed by atoms with E-state index in [1.54, 1.807) is 43.9 Å². The molecule has 9 heteroatoms. The lowest BCUT2D eigenvalue weighted by Crippen LogP contribution is -2.35. The molecule has 29 heavy (non-hydrogen) atoms. The highest BCUT2D eigenvalue weighted by Gasteiger charge is 2.21. The van der Waals surface area contributed by atoms with Gasteiger partial charge in [0.1, 0.15) is 10.8 Å². The maximum atomic E-state index is 12.3. The summed E-state index contributed by atoms with van der Waals surface area (Å²) in [6, 6.07) is 8.82. The number of benzene rings is 1. The van der Waals surface area contributed by atoms with Crippen LogP contribution < -0.4 is 14.8 Å². The van der Waals surface area contributed by atoms with Gasteiger partial charge in [0.25, 0.3) is 5.91 Å². The number of esters is 1. The SMILES string of the molecule is COc1ccc(-c2nc(C(=O)OC(C)C(=O)NCc3ccco3)cs2)cc1OC. The average molecular weight is 416 g/mol. The third kappa shape index (κ3) is 4.94. The summed E-state index contributed by atoms with van der Waals surface area (Å²) >= 11 is 1.29. The van der Waals surface area contributed by atoms with Crippen LogP contribution in [0.3, 0.4) is 0 Å². The first-order valence-corrected chi connectivity index (χ1v) is 9.58. The highest BCUT2D eigenvalue weighted by Crippen LogP contribution is 2.33. The fourth-order valence-corrected chi connectivity index (χ4v) is 3.26. The smallest absolute Gasteiger partial charge is 0.358 e. The van der Waals surface area contributed by atoms with Gasteiger partial charge in [-0.3, -0.25) is 4.79 Å². The summed E-state index contributed by atoms with van der Waals surface area (Å²) in [6.07, 6.45) is 0.548. The Morgan fingerprint density at radius 3 is 2.69 bits per heavy atom. The fraction of sp³-hybridized carbons (Fsp3) is 0.250. The van der Waals surface area contributed by atoms with Gasteiger partial charge in [-0.2, -0.15) is 0 Å². The molecule has 0 aliphatic rings. The van der Waals surface area contributed by atoms with Crippen LogP contribution in [-0.2, 0) is 16.1 Å². The fourth-order valence-electron chi connectivity index (χ4n) is 2.47. The predicted octanol–water partition coefficient (Wildman–Crippen LogP) is 3.28. The number of hydrogen-bond acceptors (Lipinski definition) is 8. The van der Waals surface area contributed by atoms with Gasteiger partial charge in [-0.05, 0) is 37.3 Å². The molecule has 0 aliphatic carbocycles. The van der Waals surface area contributed by atoms with Crippen molar-refractivity contribution in [2.45, 2.75) is 19.6 Å². The number of nitrogens with zero attached hydrogens (tertiary/aromatic N) is 1. The van der Waals surface area contributed by atoms with Crippen molar-refractivity contribution in [1.82, 2.24) is 10.3 Å². The topological polar surface area (TPSA) is 99.9 Å². The number of methoxy groups -OCH3 is 2. The lowest BCUT2D eigenvalue weighted by Gasteiger charge is -2.12. The van der Waals surface area contributed by atoms with Gasteiger partial charge in [-0.1, -0.05) is 0 Å². The zero-order valence-corrected chi connectivity index (χ0v) is 16.9. The first-order chi connectivity index (χ1) is 14.0. The number of furan rings is 1. The molecule has 1 N–H and O–H groups in total. The van der Waals surface area contributed by atoms with Gasteiger partial charge in [0.15, 0.2) is 23.3 Å². The lowest BCUT2D eigenvalue weighted by atomic mass is 10.2. The van der Waals surface area contributed by atoms with Crippen LogP contribution in [0.4, 0.5) is 0 Å². The molecule has 1 unspecified atom stereocenters. The standard InChI is InChI=1S/C20H20N2O6S/c1-12(18(23)21-10-14-5-4-8-27-14)28-20(24)15-11-29-19(22-15)13-6-7-16(25-2)17(9-13)26-3/h4-9,11-12H,10H2,1-3H3,(H,21,23). The maximum Gasteiger partial charge on any atom is 0.358 e. The first kappa shape index (κ1) is 20.4. The van der Waals surface area contributed by atoms with Crippen molar-refractivity contribution >= 4 is 23.2 Å². The van der Waals surface area contributed by atoms with E-state index in [0.717, 1.165) is 5.56 Å². The molecule has 8 nitrogen and oxygen atoms in total. The number of rotatable bonds is 8. The van der Waals surface area contributed by atoms with E-state index in [9.17, 15) is 9.59 Å². The molecule has 1 aromatic carbocycles. The van der Waals surface area contributed by atoms with E-state index < -0.39 is 18.0 Å². The van der Waals surface area contributed by atoms with Crippen LogP contribution >= 0.6 is 11.3 Å². The molecule has 3 rings (SSSR count). The molecule has 2 aromatic heterocycles. The van der Waals surface area contributed by atoms with Crippen LogP contribution in [0.1, 0.15) is 23.2 Å². The van der Waals surface area contributed by atoms with Gasteiger partial charge in [0, 0.05) is 10.9 Å². The summed E-state index contributed by atoms with van der Waals surface area (Å²) in [5.74, 6) is 0.669. The van der Waals surface area contributed by atoms with Crippen LogP contribution in [0, 0.1) is 0 Å². The molecular weight excluding hydrogens is 396 g/mol. The summed E-state index contributed by atoms with van der Waals surface area (Å²) in [5, 5.41) is 4.85. The van der Waals surface area contributed by atoms with Crippen LogP contribution in [-0.4, -0.2) is 37.2 Å². The molecule has 0 saturated heterocycles. The number of ether oxygens (including phenoxy) is 3. The van der Waals surface area contributed by atoms with Crippen LogP contribution in [0.5, 0.6) is 11.5 Å². The average Bonchev–Trinajstić information content (AvgIpc) is 3.43. The number of amides is 1. The molecule has 0 bridgehead atoms. The monoisotopic (exact) mass is 416 g/mol. The normalized spacial score (nSPS) is 11.6. The molecule has 0 aliphatic heterocycles. The molecular formula is C20H20N2O6S. The Morgan fingerprint density at radius 1 is 1.21 bits per heavy atom. The van der Waals surface area contributed by atoms with E-state index in [4.69, 9.17) is 18.6 Å². The second-order valence-corrected chi connectivity index (χ2v) is 6.81. The summed E-state index contributed by atoms with van der Waals surface area (Å²) in [7, 11) is 3.10. The number of thiazole rings is 1. The number of carbonyl (C=O) groups is 2. The Morgan fingerprint density at radius 2 is 2.00 bits per heavy atom. The molecule has 0 spiro atoms. The van der Waals surface area contributed by atoms with Crippen molar-refractivity contribution in [2.24, 2.45) is 0 Å². The maximum absolute atomic E-state index is 12.3. The van der Waals surface area contributed by atoms with E-state index in [0.29, 0.717) is 22.3 Å². The molecule has 1 atom stereocenters. The second kappa shape index (κ2) is 9.24. The van der Waals surface area contributed by atoms with Gasteiger partial charge in [0.05, 0.1) is 27.0 Å². The van der Waals surface area contributed by atoms with Crippen molar-refractivity contribution in [3.8, 4) is 22.1 Å². The third-order valence-corrected chi connectivity index (χ3v) is 4.91. The summed E-state index contributed by atoms with van der Waals surface area (Å²) in [5.41, 5.74) is 0.904. The minimum Gasteiger partial charge on any atom is -0.493 e. The largest absolute Gasteiger partial charge is 0.493 e. The minimum atomic E-state index is -0.969. The lowest BCUT2D eigenvalue weighted by molar-refractivity contribution is -0.129. The number of carbonyl (C=O) groups excluding carboxylic acids is 2. The van der Waals surface area contributed by atoms with E-state index >= 15 is 0 Å². The minimum absolute atomic E-state index is 0.130. The van der Waals surface area contributed by atoms with Gasteiger partial charge in [-0.15, -0.1) is 11.3 Å². The van der Waals surface area contributed by atoms with E-state index in [-0.39, 0.29) is 12.2 Å². The Balaban J connectivity index is 1.62. The predicted molar refractivity (Wildman–Crippen MR) is 106 cm³/mol. The van der Waals surface area contributed by atoms with Crippen molar-refractivity contribution in [3.63, 3.8) is 0 Å². The molecule has 0 saturated carbocycles. The Hall–Kier alpha value is -3.33. The van der Waals surface area contributed by atoms with Crippen LogP contribution in [0.15, 0.2) is 46.4 Å². The molecule has 152 valence electrons. The zero-order valence-electron chi connectivity index (χ0n) is 16.1. The summed E-state index contributed by atoms with van der Waals surface area (Å²) < 4.78 is 20.9. The second-order valence-electron chi connectivity index (χ2n) is 5.95. The van der Waals surface area contributed by atoms with Crippen molar-refractivity contribution in [3.05, 3.63) is 53.4 Å². The van der Waals surface area contributed by atoms with Gasteiger partial charge in [-0.25, -0.2) is 9.78 Å². The third-order valence-electron chi connectivity index (χ3n) is 4.01. The number of aromatic nitrogens is 1. The zero-order chi connectivity index (χ0) is 20.8. The summed E-state index contributed by atoms with van der Waals surface area (Å²) in [4.78, 5) is 28.7. The number of hydrogen-bond donors (Lipinski definition) is 1. The van der Waals surface area contributed by atoms with E-state index in [1.807, 2.05) is 6.07 Å². The van der Waals surface area contributed by atoms with E-state index in [1.165, 1.54) is 24.5 Å². The molecule has 1 amide bonds. The Kier molecular flexibility index (Phi) is 6.50. The molecule has 3 aromatic rings. The Labute approximate surface area is 171 Å². The van der Waals surface area contributed by atoms with Crippen LogP contribution in [0.25, 0.3) is 10.6 Å². The van der Waals surface area contributed by atoms with Crippen molar-refractivity contribution in [1.29, 1.82) is 0 Å². The molecule has 0 fully saturated rings. The highest BCUT2D eigenvalue weighted by molar-refractivity contribution is 7.13. The number of nitrogens with one attached hydrogen (secondary N) is 1. The quantitative estimate of drug-likeness (QED) is 0.563. The molecule has 0 radical (unpaired) electrons.